The van der Waals surface area contributed by atoms with E-state index in [1.165, 1.54) is 0 Å². The van der Waals surface area contributed by atoms with Gasteiger partial charge in [-0.3, -0.25) is 4.68 Å². The first-order valence-electron chi connectivity index (χ1n) is 5.50. The molecule has 4 heteroatoms. The fourth-order valence-corrected chi connectivity index (χ4v) is 1.96. The van der Waals surface area contributed by atoms with Crippen molar-refractivity contribution in [3.05, 3.63) is 41.6 Å². The third-order valence-electron chi connectivity index (χ3n) is 2.86. The highest BCUT2D eigenvalue weighted by Crippen LogP contribution is 2.25. The first-order chi connectivity index (χ1) is 8.15. The maximum atomic E-state index is 11.1. The predicted octanol–water partition coefficient (Wildman–Crippen LogP) is 2.58. The normalized spacial score (nSPS) is 10.5. The van der Waals surface area contributed by atoms with Gasteiger partial charge in [-0.1, -0.05) is 12.1 Å². The van der Waals surface area contributed by atoms with Crippen LogP contribution in [0.5, 0.6) is 0 Å². The van der Waals surface area contributed by atoms with Crippen LogP contribution in [0, 0.1) is 6.92 Å². The topological polar surface area (TPSA) is 55.1 Å². The lowest BCUT2D eigenvalue weighted by Crippen LogP contribution is -2.04. The summed E-state index contributed by atoms with van der Waals surface area (Å²) >= 11 is 0. The van der Waals surface area contributed by atoms with Crippen molar-refractivity contribution in [2.45, 2.75) is 20.4 Å². The lowest BCUT2D eigenvalue weighted by Gasteiger charge is -2.10. The van der Waals surface area contributed by atoms with Gasteiger partial charge in [-0.25, -0.2) is 4.79 Å². The molecule has 0 atom stereocenters. The zero-order valence-electron chi connectivity index (χ0n) is 9.84. The van der Waals surface area contributed by atoms with Gasteiger partial charge in [0.15, 0.2) is 0 Å². The molecule has 0 bridgehead atoms. The summed E-state index contributed by atoms with van der Waals surface area (Å²) < 4.78 is 1.86. The summed E-state index contributed by atoms with van der Waals surface area (Å²) in [5.41, 5.74) is 2.99. The molecule has 0 aliphatic carbocycles. The van der Waals surface area contributed by atoms with E-state index in [0.717, 1.165) is 23.4 Å². The molecule has 2 aromatic rings. The van der Waals surface area contributed by atoms with Crippen LogP contribution in [0.2, 0.25) is 0 Å². The van der Waals surface area contributed by atoms with Crippen molar-refractivity contribution in [3.63, 3.8) is 0 Å². The van der Waals surface area contributed by atoms with Crippen molar-refractivity contribution in [3.8, 4) is 11.3 Å². The van der Waals surface area contributed by atoms with E-state index in [1.807, 2.05) is 30.7 Å². The minimum absolute atomic E-state index is 0.339. The molecular weight excluding hydrogens is 216 g/mol. The van der Waals surface area contributed by atoms with E-state index in [-0.39, 0.29) is 0 Å². The zero-order chi connectivity index (χ0) is 12.4. The summed E-state index contributed by atoms with van der Waals surface area (Å²) in [5, 5.41) is 13.3. The molecule has 17 heavy (non-hydrogen) atoms. The standard InChI is InChI=1S/C13H14N2O2/c1-3-15-12(7-8-14-15)10-5-4-6-11(9(10)2)13(16)17/h4-8H,3H2,1-2H3,(H,16,17). The lowest BCUT2D eigenvalue weighted by molar-refractivity contribution is 0.0696. The minimum Gasteiger partial charge on any atom is -0.478 e. The number of nitrogens with zero attached hydrogens (tertiary/aromatic N) is 2. The van der Waals surface area contributed by atoms with Crippen LogP contribution in [0.15, 0.2) is 30.5 Å². The van der Waals surface area contributed by atoms with Crippen molar-refractivity contribution in [1.82, 2.24) is 9.78 Å². The monoisotopic (exact) mass is 230 g/mol. The van der Waals surface area contributed by atoms with E-state index in [2.05, 4.69) is 5.10 Å². The summed E-state index contributed by atoms with van der Waals surface area (Å²) in [5.74, 6) is -0.896. The van der Waals surface area contributed by atoms with Crippen molar-refractivity contribution < 1.29 is 9.90 Å². The SMILES string of the molecule is CCn1nccc1-c1cccc(C(=O)O)c1C. The van der Waals surface area contributed by atoms with E-state index >= 15 is 0 Å². The van der Waals surface area contributed by atoms with Gasteiger partial charge in [0, 0.05) is 18.3 Å². The molecule has 0 unspecified atom stereocenters. The lowest BCUT2D eigenvalue weighted by atomic mass is 10.00. The highest BCUT2D eigenvalue weighted by Gasteiger charge is 2.13. The predicted molar refractivity (Wildman–Crippen MR) is 65.0 cm³/mol. The van der Waals surface area contributed by atoms with Gasteiger partial charge in [0.25, 0.3) is 0 Å². The van der Waals surface area contributed by atoms with Crippen molar-refractivity contribution in [1.29, 1.82) is 0 Å². The van der Waals surface area contributed by atoms with Crippen LogP contribution < -0.4 is 0 Å². The Labute approximate surface area is 99.5 Å². The number of aromatic carboxylic acids is 1. The molecule has 0 saturated carbocycles. The summed E-state index contributed by atoms with van der Waals surface area (Å²) in [6, 6.07) is 7.20. The van der Waals surface area contributed by atoms with Gasteiger partial charge in [0.05, 0.1) is 11.3 Å². The van der Waals surface area contributed by atoms with E-state index in [9.17, 15) is 4.79 Å². The summed E-state index contributed by atoms with van der Waals surface area (Å²) in [7, 11) is 0. The molecule has 0 amide bonds. The second-order valence-corrected chi connectivity index (χ2v) is 3.82. The summed E-state index contributed by atoms with van der Waals surface area (Å²) in [4.78, 5) is 11.1. The molecule has 0 aliphatic rings. The van der Waals surface area contributed by atoms with Gasteiger partial charge >= 0.3 is 5.97 Å². The molecular formula is C13H14N2O2. The molecule has 0 radical (unpaired) electrons. The van der Waals surface area contributed by atoms with Crippen LogP contribution in [0.4, 0.5) is 0 Å². The van der Waals surface area contributed by atoms with E-state index in [1.54, 1.807) is 18.3 Å². The number of hydrogen-bond donors (Lipinski definition) is 1. The van der Waals surface area contributed by atoms with E-state index in [0.29, 0.717) is 5.56 Å². The highest BCUT2D eigenvalue weighted by molar-refractivity contribution is 5.91. The van der Waals surface area contributed by atoms with E-state index in [4.69, 9.17) is 5.11 Å². The maximum absolute atomic E-state index is 11.1. The van der Waals surface area contributed by atoms with Gasteiger partial charge in [0.2, 0.25) is 0 Å². The summed E-state index contributed by atoms with van der Waals surface area (Å²) in [6.45, 7) is 4.59. The quantitative estimate of drug-likeness (QED) is 0.881. The highest BCUT2D eigenvalue weighted by atomic mass is 16.4. The largest absolute Gasteiger partial charge is 0.478 e. The molecule has 1 heterocycles. The number of carbonyl (C=O) groups is 1. The van der Waals surface area contributed by atoms with Crippen molar-refractivity contribution in [2.75, 3.05) is 0 Å². The number of aromatic nitrogens is 2. The van der Waals surface area contributed by atoms with Gasteiger partial charge in [-0.15, -0.1) is 0 Å². The molecule has 0 saturated heterocycles. The van der Waals surface area contributed by atoms with Crippen molar-refractivity contribution in [2.24, 2.45) is 0 Å². The number of aryl methyl sites for hydroxylation is 1. The first kappa shape index (κ1) is 11.4. The zero-order valence-corrected chi connectivity index (χ0v) is 9.84. The molecule has 1 aromatic heterocycles. The Morgan fingerprint density at radius 2 is 2.18 bits per heavy atom. The van der Waals surface area contributed by atoms with Gasteiger partial charge < -0.3 is 5.11 Å². The molecule has 1 aromatic carbocycles. The number of carboxylic acids is 1. The Hall–Kier alpha value is -2.10. The maximum Gasteiger partial charge on any atom is 0.335 e. The third kappa shape index (κ3) is 1.93. The average molecular weight is 230 g/mol. The second-order valence-electron chi connectivity index (χ2n) is 3.82. The second kappa shape index (κ2) is 4.41. The molecule has 4 nitrogen and oxygen atoms in total. The van der Waals surface area contributed by atoms with Gasteiger partial charge in [-0.2, -0.15) is 5.10 Å². The molecule has 1 N–H and O–H groups in total. The molecule has 2 rings (SSSR count). The van der Waals surface area contributed by atoms with Crippen LogP contribution in [0.3, 0.4) is 0 Å². The number of benzene rings is 1. The fraction of sp³-hybridized carbons (Fsp3) is 0.231. The fourth-order valence-electron chi connectivity index (χ4n) is 1.96. The smallest absolute Gasteiger partial charge is 0.335 e. The molecule has 0 aliphatic heterocycles. The van der Waals surface area contributed by atoms with Crippen LogP contribution in [-0.4, -0.2) is 20.9 Å². The average Bonchev–Trinajstić information content (AvgIpc) is 2.76. The Morgan fingerprint density at radius 1 is 1.41 bits per heavy atom. The van der Waals surface area contributed by atoms with Gasteiger partial charge in [0.1, 0.15) is 0 Å². The third-order valence-corrected chi connectivity index (χ3v) is 2.86. The minimum atomic E-state index is -0.896. The van der Waals surface area contributed by atoms with Crippen LogP contribution in [0.1, 0.15) is 22.8 Å². The Bertz CT molecular complexity index is 558. The van der Waals surface area contributed by atoms with Crippen LogP contribution >= 0.6 is 0 Å². The van der Waals surface area contributed by atoms with E-state index < -0.39 is 5.97 Å². The Balaban J connectivity index is 2.60. The molecule has 88 valence electrons. The van der Waals surface area contributed by atoms with Crippen LogP contribution in [0.25, 0.3) is 11.3 Å². The first-order valence-corrected chi connectivity index (χ1v) is 5.50. The van der Waals surface area contributed by atoms with Crippen molar-refractivity contribution >= 4 is 5.97 Å². The number of carboxylic acid groups (broad SMARTS) is 1. The van der Waals surface area contributed by atoms with Gasteiger partial charge in [-0.05, 0) is 31.5 Å². The molecule has 0 spiro atoms. The Morgan fingerprint density at radius 3 is 2.82 bits per heavy atom. The number of rotatable bonds is 3. The summed E-state index contributed by atoms with van der Waals surface area (Å²) in [6.07, 6.45) is 1.73. The molecule has 0 fully saturated rings. The Kier molecular flexibility index (Phi) is 2.95. The number of hydrogen-bond acceptors (Lipinski definition) is 2. The van der Waals surface area contributed by atoms with Crippen LogP contribution in [-0.2, 0) is 6.54 Å².